The molecular weight excluding hydrogens is 348 g/mol. The summed E-state index contributed by atoms with van der Waals surface area (Å²) in [5, 5.41) is 4.76. The molecule has 3 rings (SSSR count). The lowest BCUT2D eigenvalue weighted by atomic mass is 9.89. The fraction of sp³-hybridized carbons (Fsp3) is 0.500. The standard InChI is InChI=1S/C20H28N4O.ClH/c1-14-5-7-16(8-6-14)24-13-17(18(22-24)20(2,3)4)19(25)23-11-9-15(21)10-12-23;/h5-8,13,15H,9-12,21H2,1-4H3;1H. The Bertz CT molecular complexity index is 753. The van der Waals surface area contributed by atoms with E-state index in [0.717, 1.165) is 37.3 Å². The van der Waals surface area contributed by atoms with Crippen LogP contribution in [0.15, 0.2) is 30.5 Å². The summed E-state index contributed by atoms with van der Waals surface area (Å²) in [6.07, 6.45) is 3.60. The van der Waals surface area contributed by atoms with Crippen LogP contribution in [0, 0.1) is 6.92 Å². The summed E-state index contributed by atoms with van der Waals surface area (Å²) in [6.45, 7) is 9.79. The largest absolute Gasteiger partial charge is 0.338 e. The maximum atomic E-state index is 13.1. The van der Waals surface area contributed by atoms with Gasteiger partial charge in [0.05, 0.1) is 16.9 Å². The van der Waals surface area contributed by atoms with Gasteiger partial charge in [-0.05, 0) is 31.9 Å². The van der Waals surface area contributed by atoms with Gasteiger partial charge in [0, 0.05) is 30.7 Å². The third-order valence-corrected chi connectivity index (χ3v) is 4.78. The summed E-state index contributed by atoms with van der Waals surface area (Å²) in [4.78, 5) is 15.0. The van der Waals surface area contributed by atoms with Crippen molar-refractivity contribution in [3.05, 3.63) is 47.3 Å². The molecule has 1 aromatic carbocycles. The number of nitrogens with zero attached hydrogens (tertiary/aromatic N) is 3. The SMILES string of the molecule is Cc1ccc(-n2cc(C(=O)N3CCC(N)CC3)c(C(C)(C)C)n2)cc1.Cl. The van der Waals surface area contributed by atoms with Gasteiger partial charge in [0.25, 0.3) is 5.91 Å². The smallest absolute Gasteiger partial charge is 0.257 e. The number of benzene rings is 1. The van der Waals surface area contributed by atoms with Crippen molar-refractivity contribution in [3.8, 4) is 5.69 Å². The van der Waals surface area contributed by atoms with Gasteiger partial charge in [-0.15, -0.1) is 12.4 Å². The van der Waals surface area contributed by atoms with Crippen LogP contribution >= 0.6 is 12.4 Å². The molecule has 6 heteroatoms. The minimum atomic E-state index is -0.201. The Morgan fingerprint density at radius 2 is 1.73 bits per heavy atom. The Balaban J connectivity index is 0.00000243. The van der Waals surface area contributed by atoms with Crippen LogP contribution in [0.2, 0.25) is 0 Å². The molecule has 0 radical (unpaired) electrons. The number of carbonyl (C=O) groups is 1. The van der Waals surface area contributed by atoms with E-state index in [9.17, 15) is 4.79 Å². The fourth-order valence-electron chi connectivity index (χ4n) is 3.19. The summed E-state index contributed by atoms with van der Waals surface area (Å²) in [5.41, 5.74) is 9.48. The fourth-order valence-corrected chi connectivity index (χ4v) is 3.19. The molecule has 1 saturated heterocycles. The van der Waals surface area contributed by atoms with Gasteiger partial charge < -0.3 is 10.6 Å². The van der Waals surface area contributed by atoms with E-state index in [4.69, 9.17) is 10.8 Å². The highest BCUT2D eigenvalue weighted by molar-refractivity contribution is 5.95. The Labute approximate surface area is 162 Å². The van der Waals surface area contributed by atoms with Crippen molar-refractivity contribution in [2.45, 2.75) is 52.0 Å². The molecule has 1 fully saturated rings. The van der Waals surface area contributed by atoms with Gasteiger partial charge >= 0.3 is 0 Å². The normalized spacial score (nSPS) is 15.7. The molecule has 5 nitrogen and oxygen atoms in total. The van der Waals surface area contributed by atoms with Gasteiger partial charge in [0.2, 0.25) is 0 Å². The van der Waals surface area contributed by atoms with Crippen molar-refractivity contribution in [1.29, 1.82) is 0 Å². The Morgan fingerprint density at radius 3 is 2.27 bits per heavy atom. The van der Waals surface area contributed by atoms with Crippen LogP contribution in [0.25, 0.3) is 5.69 Å². The van der Waals surface area contributed by atoms with Crippen LogP contribution in [0.3, 0.4) is 0 Å². The van der Waals surface area contributed by atoms with Gasteiger partial charge in [0.15, 0.2) is 0 Å². The van der Waals surface area contributed by atoms with Crippen LogP contribution < -0.4 is 5.73 Å². The third-order valence-electron chi connectivity index (χ3n) is 4.78. The van der Waals surface area contributed by atoms with Gasteiger partial charge in [-0.3, -0.25) is 4.79 Å². The average Bonchev–Trinajstić information content (AvgIpc) is 3.01. The first-order valence-corrected chi connectivity index (χ1v) is 8.98. The number of carbonyl (C=O) groups excluding carboxylic acids is 1. The number of nitrogens with two attached hydrogens (primary N) is 1. The lowest BCUT2D eigenvalue weighted by Crippen LogP contribution is -2.43. The predicted molar refractivity (Wildman–Crippen MR) is 107 cm³/mol. The van der Waals surface area contributed by atoms with Crippen molar-refractivity contribution >= 4 is 18.3 Å². The first kappa shape index (κ1) is 20.5. The van der Waals surface area contributed by atoms with Crippen molar-refractivity contribution in [2.75, 3.05) is 13.1 Å². The first-order valence-electron chi connectivity index (χ1n) is 8.98. The molecule has 2 aromatic rings. The van der Waals surface area contributed by atoms with E-state index in [1.54, 1.807) is 0 Å². The highest BCUT2D eigenvalue weighted by atomic mass is 35.5. The topological polar surface area (TPSA) is 64.2 Å². The van der Waals surface area contributed by atoms with E-state index < -0.39 is 0 Å². The summed E-state index contributed by atoms with van der Waals surface area (Å²) in [5.74, 6) is 0.0650. The van der Waals surface area contributed by atoms with Crippen LogP contribution in [0.5, 0.6) is 0 Å². The molecule has 0 atom stereocenters. The number of piperidine rings is 1. The summed E-state index contributed by atoms with van der Waals surface area (Å²) >= 11 is 0. The number of hydrogen-bond donors (Lipinski definition) is 1. The van der Waals surface area contributed by atoms with E-state index in [0.29, 0.717) is 5.56 Å². The van der Waals surface area contributed by atoms with Crippen molar-refractivity contribution in [3.63, 3.8) is 0 Å². The van der Waals surface area contributed by atoms with E-state index in [1.807, 2.05) is 27.9 Å². The third kappa shape index (κ3) is 4.27. The number of halogens is 1. The molecule has 142 valence electrons. The highest BCUT2D eigenvalue weighted by Gasteiger charge is 2.30. The molecule has 1 aromatic heterocycles. The zero-order valence-corrected chi connectivity index (χ0v) is 16.8. The van der Waals surface area contributed by atoms with E-state index in [-0.39, 0.29) is 29.8 Å². The minimum absolute atomic E-state index is 0. The molecule has 26 heavy (non-hydrogen) atoms. The second kappa shape index (κ2) is 7.80. The minimum Gasteiger partial charge on any atom is -0.338 e. The van der Waals surface area contributed by atoms with Crippen molar-refractivity contribution in [2.24, 2.45) is 5.73 Å². The zero-order chi connectivity index (χ0) is 18.2. The van der Waals surface area contributed by atoms with E-state index in [1.165, 1.54) is 5.56 Å². The highest BCUT2D eigenvalue weighted by Crippen LogP contribution is 2.27. The summed E-state index contributed by atoms with van der Waals surface area (Å²) in [7, 11) is 0. The quantitative estimate of drug-likeness (QED) is 0.872. The van der Waals surface area contributed by atoms with Gasteiger partial charge in [-0.1, -0.05) is 38.5 Å². The van der Waals surface area contributed by atoms with Crippen LogP contribution in [-0.2, 0) is 5.41 Å². The maximum Gasteiger partial charge on any atom is 0.257 e. The maximum absolute atomic E-state index is 13.1. The van der Waals surface area contributed by atoms with Gasteiger partial charge in [0.1, 0.15) is 0 Å². The molecule has 1 aliphatic heterocycles. The molecule has 2 N–H and O–H groups in total. The monoisotopic (exact) mass is 376 g/mol. The first-order chi connectivity index (χ1) is 11.8. The molecule has 1 aliphatic rings. The molecule has 0 aliphatic carbocycles. The number of hydrogen-bond acceptors (Lipinski definition) is 3. The summed E-state index contributed by atoms with van der Waals surface area (Å²) in [6, 6.07) is 8.38. The summed E-state index contributed by atoms with van der Waals surface area (Å²) < 4.78 is 1.82. The molecule has 1 amide bonds. The molecule has 2 heterocycles. The molecule has 0 unspecified atom stereocenters. The second-order valence-electron chi connectivity index (χ2n) is 8.05. The number of aromatic nitrogens is 2. The second-order valence-corrected chi connectivity index (χ2v) is 8.05. The number of amides is 1. The lowest BCUT2D eigenvalue weighted by Gasteiger charge is -2.30. The lowest BCUT2D eigenvalue weighted by molar-refractivity contribution is 0.0712. The number of aryl methyl sites for hydroxylation is 1. The Kier molecular flexibility index (Phi) is 6.14. The Hall–Kier alpha value is -1.85. The zero-order valence-electron chi connectivity index (χ0n) is 16.0. The number of rotatable bonds is 2. The van der Waals surface area contributed by atoms with E-state index >= 15 is 0 Å². The average molecular weight is 377 g/mol. The molecule has 0 saturated carbocycles. The van der Waals surface area contributed by atoms with Gasteiger partial charge in [-0.25, -0.2) is 4.68 Å². The molecule has 0 bridgehead atoms. The van der Waals surface area contributed by atoms with E-state index in [2.05, 4.69) is 39.8 Å². The van der Waals surface area contributed by atoms with Crippen LogP contribution in [0.1, 0.15) is 55.2 Å². The van der Waals surface area contributed by atoms with Crippen LogP contribution in [-0.4, -0.2) is 39.7 Å². The molecule has 0 spiro atoms. The van der Waals surface area contributed by atoms with Crippen molar-refractivity contribution in [1.82, 2.24) is 14.7 Å². The van der Waals surface area contributed by atoms with Crippen molar-refractivity contribution < 1.29 is 4.79 Å². The number of likely N-dealkylation sites (tertiary alicyclic amines) is 1. The molecular formula is C20H29ClN4O. The van der Waals surface area contributed by atoms with Gasteiger partial charge in [-0.2, -0.15) is 5.10 Å². The van der Waals surface area contributed by atoms with Crippen LogP contribution in [0.4, 0.5) is 0 Å². The predicted octanol–water partition coefficient (Wildman–Crippen LogP) is 3.46. The Morgan fingerprint density at radius 1 is 1.15 bits per heavy atom.